The van der Waals surface area contributed by atoms with Crippen molar-refractivity contribution < 1.29 is 72.6 Å². The molecule has 0 aromatic rings. The summed E-state index contributed by atoms with van der Waals surface area (Å²) in [4.78, 5) is 51.3. The Labute approximate surface area is 101 Å². The Bertz CT molecular complexity index is 136. The molecule has 14 heteroatoms. The summed E-state index contributed by atoms with van der Waals surface area (Å²) in [6.45, 7) is 0. The van der Waals surface area contributed by atoms with Gasteiger partial charge in [-0.25, -0.2) is 0 Å². The van der Waals surface area contributed by atoms with Crippen LogP contribution in [0.2, 0.25) is 0 Å². The second-order valence-electron chi connectivity index (χ2n) is 0.894. The van der Waals surface area contributed by atoms with Gasteiger partial charge in [-0.05, 0) is 0 Å². The van der Waals surface area contributed by atoms with Crippen molar-refractivity contribution in [2.45, 2.75) is 0 Å². The van der Waals surface area contributed by atoms with Crippen LogP contribution in [-0.2, 0) is 43.3 Å². The molecule has 0 fully saturated rings. The Morgan fingerprint density at radius 3 is 0.571 bits per heavy atom. The molecule has 0 aliphatic rings. The minimum Gasteiger partial charge on any atom is -0.822 e. The second kappa shape index (κ2) is 14.2. The molecule has 0 unspecified atom stereocenters. The fourth-order valence-corrected chi connectivity index (χ4v) is 0. The molecule has 0 aromatic carbocycles. The van der Waals surface area contributed by atoms with Crippen LogP contribution in [0.3, 0.4) is 0 Å². The first-order valence-electron chi connectivity index (χ1n) is 1.46. The second-order valence-corrected chi connectivity index (χ2v) is 2.68. The van der Waals surface area contributed by atoms with Gasteiger partial charge < -0.3 is 50.8 Å². The fourth-order valence-electron chi connectivity index (χ4n) is 0. The standard InChI is InChI=1S/2Cu.2H3N.2H3O4P/c;;;;2*1-5(2,3)4/h;;2*1H3;2*(H3,1,2,3,4)/q2*+2;;;;/p-4. The maximum absolute atomic E-state index is 8.55. The molecule has 10 nitrogen and oxygen atoms in total. The first-order chi connectivity index (χ1) is 4.00. The average Bonchev–Trinajstić information content (AvgIpc) is 1.12. The van der Waals surface area contributed by atoms with Crippen LogP contribution in [0, 0.1) is 0 Å². The zero-order chi connectivity index (χ0) is 9.00. The number of phosphoric acid groups is 2. The minimum absolute atomic E-state index is 0. The van der Waals surface area contributed by atoms with Crippen molar-refractivity contribution in [2.75, 3.05) is 0 Å². The molecule has 0 rings (SSSR count). The van der Waals surface area contributed by atoms with Gasteiger partial charge in [0.2, 0.25) is 0 Å². The van der Waals surface area contributed by atoms with Gasteiger partial charge in [0.25, 0.3) is 0 Å². The van der Waals surface area contributed by atoms with Gasteiger partial charge in [-0.3, -0.25) is 0 Å². The Morgan fingerprint density at radius 2 is 0.571 bits per heavy atom. The summed E-state index contributed by atoms with van der Waals surface area (Å²) < 4.78 is 17.1. The summed E-state index contributed by atoms with van der Waals surface area (Å²) in [5.41, 5.74) is 0. The third kappa shape index (κ3) is 1410. The number of hydrogen-bond acceptors (Lipinski definition) is 8. The van der Waals surface area contributed by atoms with Gasteiger partial charge >= 0.3 is 34.1 Å². The van der Waals surface area contributed by atoms with E-state index in [9.17, 15) is 0 Å². The molecule has 0 aromatic heterocycles. The molecule has 2 radical (unpaired) electrons. The molecular formula is H8Cu2N2O8P2. The summed E-state index contributed by atoms with van der Waals surface area (Å²) in [7, 11) is -10.8. The summed E-state index contributed by atoms with van der Waals surface area (Å²) in [6, 6.07) is 0. The van der Waals surface area contributed by atoms with Gasteiger partial charge in [-0.2, -0.15) is 15.6 Å². The van der Waals surface area contributed by atoms with E-state index in [-0.39, 0.29) is 46.4 Å². The molecule has 0 aliphatic heterocycles. The fraction of sp³-hybridized carbons (Fsp3) is 0. The number of rotatable bonds is 0. The van der Waals surface area contributed by atoms with Crippen LogP contribution in [0.5, 0.6) is 0 Å². The Morgan fingerprint density at radius 1 is 0.571 bits per heavy atom. The first kappa shape index (κ1) is 36.2. The van der Waals surface area contributed by atoms with Gasteiger partial charge in [0.05, 0.1) is 0 Å². The van der Waals surface area contributed by atoms with Gasteiger partial charge in [0, 0.05) is 0 Å². The van der Waals surface area contributed by atoms with Crippen molar-refractivity contribution in [1.82, 2.24) is 12.3 Å². The zero-order valence-corrected chi connectivity index (χ0v) is 10.4. The van der Waals surface area contributed by atoms with Crippen LogP contribution < -0.4 is 41.7 Å². The van der Waals surface area contributed by atoms with Crippen LogP contribution in [0.25, 0.3) is 0 Å². The first-order valence-corrected chi connectivity index (χ1v) is 4.38. The number of hydrogen-bond donors (Lipinski definition) is 2. The molecule has 0 spiro atoms. The third-order valence-electron chi connectivity index (χ3n) is 0. The largest absolute Gasteiger partial charge is 2.00 e. The summed E-state index contributed by atoms with van der Waals surface area (Å²) in [6.07, 6.45) is 0. The Hall–Kier alpha value is 1.18. The topological polar surface area (TPSA) is 246 Å². The predicted molar refractivity (Wildman–Crippen MR) is 27.2 cm³/mol. The van der Waals surface area contributed by atoms with Crippen LogP contribution >= 0.6 is 15.6 Å². The zero-order valence-electron chi connectivity index (χ0n) is 6.76. The molecule has 0 aliphatic carbocycles. The van der Waals surface area contributed by atoms with Gasteiger partial charge in [0.1, 0.15) is 0 Å². The third-order valence-corrected chi connectivity index (χ3v) is 0. The SMILES string of the molecule is O=P([O-])([O-])[O-].O=P([O-])([O-])[O-].[Cu+2].[Cu+2].[NH4+].[NH4+]. The molecule has 0 saturated carbocycles. The molecule has 98 valence electrons. The quantitative estimate of drug-likeness (QED) is 0.314. The van der Waals surface area contributed by atoms with E-state index in [0.717, 1.165) is 0 Å². The smallest absolute Gasteiger partial charge is 0.822 e. The Balaban J connectivity index is -0.0000000178. The van der Waals surface area contributed by atoms with E-state index in [1.807, 2.05) is 0 Å². The monoisotopic (exact) mass is 352 g/mol. The van der Waals surface area contributed by atoms with Crippen molar-refractivity contribution in [3.63, 3.8) is 0 Å². The van der Waals surface area contributed by atoms with Crippen molar-refractivity contribution in [3.8, 4) is 0 Å². The van der Waals surface area contributed by atoms with Crippen molar-refractivity contribution in [2.24, 2.45) is 0 Å². The molecule has 0 amide bonds. The average molecular weight is 353 g/mol. The van der Waals surface area contributed by atoms with Crippen molar-refractivity contribution in [1.29, 1.82) is 0 Å². The van der Waals surface area contributed by atoms with E-state index in [1.54, 1.807) is 0 Å². The van der Waals surface area contributed by atoms with E-state index in [0.29, 0.717) is 0 Å². The number of quaternary nitrogens is 2. The van der Waals surface area contributed by atoms with Crippen molar-refractivity contribution >= 4 is 15.6 Å². The maximum atomic E-state index is 8.55. The Kier molecular flexibility index (Phi) is 36.7. The van der Waals surface area contributed by atoms with Crippen LogP contribution in [0.4, 0.5) is 0 Å². The normalized spacial score (nSPS) is 8.43. The van der Waals surface area contributed by atoms with E-state index in [4.69, 9.17) is 38.5 Å². The van der Waals surface area contributed by atoms with Crippen LogP contribution in [0.15, 0.2) is 0 Å². The maximum Gasteiger partial charge on any atom is 2.00 e. The van der Waals surface area contributed by atoms with E-state index in [2.05, 4.69) is 0 Å². The van der Waals surface area contributed by atoms with Crippen LogP contribution in [0.1, 0.15) is 0 Å². The van der Waals surface area contributed by atoms with Gasteiger partial charge in [0.15, 0.2) is 0 Å². The van der Waals surface area contributed by atoms with Gasteiger partial charge in [-0.15, -0.1) is 0 Å². The molecule has 0 heterocycles. The molecule has 0 saturated heterocycles. The van der Waals surface area contributed by atoms with Gasteiger partial charge in [-0.1, -0.05) is 0 Å². The van der Waals surface area contributed by atoms with E-state index in [1.165, 1.54) is 0 Å². The molecule has 8 N–H and O–H groups in total. The molecule has 0 atom stereocenters. The molecular weight excluding hydrogens is 345 g/mol. The van der Waals surface area contributed by atoms with Crippen LogP contribution in [-0.4, -0.2) is 0 Å². The van der Waals surface area contributed by atoms with E-state index >= 15 is 0 Å². The summed E-state index contributed by atoms with van der Waals surface area (Å²) >= 11 is 0. The minimum atomic E-state index is -5.39. The van der Waals surface area contributed by atoms with Crippen molar-refractivity contribution in [3.05, 3.63) is 0 Å². The molecule has 14 heavy (non-hydrogen) atoms. The summed E-state index contributed by atoms with van der Waals surface area (Å²) in [5, 5.41) is 0. The predicted octanol–water partition coefficient (Wildman–Crippen LogP) is -4.90. The summed E-state index contributed by atoms with van der Waals surface area (Å²) in [5.74, 6) is 0. The molecule has 0 bridgehead atoms. The van der Waals surface area contributed by atoms with E-state index < -0.39 is 15.6 Å².